The molecule has 2 rings (SSSR count). The largest absolute Gasteiger partial charge is 0.465 e. The van der Waals surface area contributed by atoms with Crippen molar-refractivity contribution < 1.29 is 14.3 Å². The van der Waals surface area contributed by atoms with E-state index in [1.54, 1.807) is 0 Å². The Balaban J connectivity index is 2.25. The second-order valence-corrected chi connectivity index (χ2v) is 5.40. The van der Waals surface area contributed by atoms with E-state index in [9.17, 15) is 4.79 Å². The van der Waals surface area contributed by atoms with Crippen LogP contribution >= 0.6 is 0 Å². The topological polar surface area (TPSA) is 38.8 Å². The molecule has 0 aromatic heterocycles. The highest BCUT2D eigenvalue weighted by Crippen LogP contribution is 2.26. The van der Waals surface area contributed by atoms with Crippen molar-refractivity contribution >= 4 is 11.7 Å². The van der Waals surface area contributed by atoms with Gasteiger partial charge in [-0.1, -0.05) is 6.07 Å². The number of carbonyl (C=O) groups excluding carboxylic acids is 1. The van der Waals surface area contributed by atoms with E-state index in [0.29, 0.717) is 12.2 Å². The molecule has 0 unspecified atom stereocenters. The Morgan fingerprint density at radius 2 is 2.00 bits per heavy atom. The molecule has 0 amide bonds. The highest BCUT2D eigenvalue weighted by Gasteiger charge is 2.20. The number of esters is 1. The number of anilines is 1. The molecule has 1 aliphatic rings. The lowest BCUT2D eigenvalue weighted by Gasteiger charge is -2.21. The molecule has 1 aliphatic heterocycles. The molecule has 0 spiro atoms. The fourth-order valence-electron chi connectivity index (χ4n) is 2.44. The predicted octanol–water partition coefficient (Wildman–Crippen LogP) is 3.00. The summed E-state index contributed by atoms with van der Waals surface area (Å²) >= 11 is 0. The SMILES string of the molecule is COC(=O)c1cc(COC(C)C)ccc1N1CCCC1. The molecule has 0 N–H and O–H groups in total. The van der Waals surface area contributed by atoms with E-state index < -0.39 is 0 Å². The second-order valence-electron chi connectivity index (χ2n) is 5.40. The Morgan fingerprint density at radius 3 is 2.60 bits per heavy atom. The molecule has 20 heavy (non-hydrogen) atoms. The summed E-state index contributed by atoms with van der Waals surface area (Å²) in [6, 6.07) is 5.93. The molecular formula is C16H23NO3. The molecule has 0 saturated carbocycles. The van der Waals surface area contributed by atoms with Gasteiger partial charge in [0.15, 0.2) is 0 Å². The summed E-state index contributed by atoms with van der Waals surface area (Å²) in [5.74, 6) is -0.279. The highest BCUT2D eigenvalue weighted by atomic mass is 16.5. The normalized spacial score (nSPS) is 14.9. The monoisotopic (exact) mass is 277 g/mol. The number of ether oxygens (including phenoxy) is 2. The molecule has 1 fully saturated rings. The summed E-state index contributed by atoms with van der Waals surface area (Å²) in [7, 11) is 1.42. The van der Waals surface area contributed by atoms with Gasteiger partial charge in [0.25, 0.3) is 0 Å². The van der Waals surface area contributed by atoms with Crippen molar-refractivity contribution in [3.63, 3.8) is 0 Å². The number of methoxy groups -OCH3 is 1. The summed E-state index contributed by atoms with van der Waals surface area (Å²) in [5, 5.41) is 0. The van der Waals surface area contributed by atoms with Gasteiger partial charge in [-0.15, -0.1) is 0 Å². The van der Waals surface area contributed by atoms with Crippen molar-refractivity contribution in [1.29, 1.82) is 0 Å². The number of carbonyl (C=O) groups is 1. The number of rotatable bonds is 5. The van der Waals surface area contributed by atoms with E-state index in [2.05, 4.69) is 4.90 Å². The van der Waals surface area contributed by atoms with Gasteiger partial charge in [-0.05, 0) is 44.4 Å². The standard InChI is InChI=1S/C16H23NO3/c1-12(2)20-11-13-6-7-15(17-8-4-5-9-17)14(10-13)16(18)19-3/h6-7,10,12H,4-5,8-9,11H2,1-3H3. The van der Waals surface area contributed by atoms with E-state index >= 15 is 0 Å². The van der Waals surface area contributed by atoms with Crippen LogP contribution in [0.2, 0.25) is 0 Å². The average molecular weight is 277 g/mol. The Morgan fingerprint density at radius 1 is 1.30 bits per heavy atom. The first-order valence-electron chi connectivity index (χ1n) is 7.19. The van der Waals surface area contributed by atoms with Crippen molar-refractivity contribution in [2.75, 3.05) is 25.1 Å². The van der Waals surface area contributed by atoms with Gasteiger partial charge in [-0.3, -0.25) is 0 Å². The summed E-state index contributed by atoms with van der Waals surface area (Å²) in [6.07, 6.45) is 2.53. The molecular weight excluding hydrogens is 254 g/mol. The van der Waals surface area contributed by atoms with Crippen LogP contribution in [0, 0.1) is 0 Å². The van der Waals surface area contributed by atoms with Crippen LogP contribution in [0.5, 0.6) is 0 Å². The zero-order chi connectivity index (χ0) is 14.5. The van der Waals surface area contributed by atoms with Crippen molar-refractivity contribution in [2.45, 2.75) is 39.4 Å². The van der Waals surface area contributed by atoms with E-state index in [1.807, 2.05) is 32.0 Å². The van der Waals surface area contributed by atoms with Gasteiger partial charge in [-0.2, -0.15) is 0 Å². The summed E-state index contributed by atoms with van der Waals surface area (Å²) < 4.78 is 10.5. The first kappa shape index (κ1) is 14.9. The minimum Gasteiger partial charge on any atom is -0.465 e. The number of nitrogens with zero attached hydrogens (tertiary/aromatic N) is 1. The van der Waals surface area contributed by atoms with E-state index in [4.69, 9.17) is 9.47 Å². The zero-order valence-electron chi connectivity index (χ0n) is 12.5. The van der Waals surface area contributed by atoms with Crippen LogP contribution in [0.4, 0.5) is 5.69 Å². The zero-order valence-corrected chi connectivity index (χ0v) is 12.5. The minimum absolute atomic E-state index is 0.176. The average Bonchev–Trinajstić information content (AvgIpc) is 2.98. The molecule has 0 radical (unpaired) electrons. The van der Waals surface area contributed by atoms with Crippen LogP contribution in [-0.4, -0.2) is 32.3 Å². The third kappa shape index (κ3) is 3.51. The number of hydrogen-bond donors (Lipinski definition) is 0. The van der Waals surface area contributed by atoms with Gasteiger partial charge in [0, 0.05) is 13.1 Å². The van der Waals surface area contributed by atoms with Crippen LogP contribution in [0.3, 0.4) is 0 Å². The third-order valence-electron chi connectivity index (χ3n) is 3.50. The lowest BCUT2D eigenvalue weighted by molar-refractivity contribution is 0.0598. The lowest BCUT2D eigenvalue weighted by atomic mass is 10.1. The molecule has 0 aliphatic carbocycles. The van der Waals surface area contributed by atoms with Crippen molar-refractivity contribution in [3.8, 4) is 0 Å². The Hall–Kier alpha value is -1.55. The maximum Gasteiger partial charge on any atom is 0.339 e. The maximum atomic E-state index is 12.0. The van der Waals surface area contributed by atoms with Crippen molar-refractivity contribution in [2.24, 2.45) is 0 Å². The summed E-state index contributed by atoms with van der Waals surface area (Å²) in [5.41, 5.74) is 2.61. The quantitative estimate of drug-likeness (QED) is 0.776. The van der Waals surface area contributed by atoms with Crippen LogP contribution in [-0.2, 0) is 16.1 Å². The number of hydrogen-bond acceptors (Lipinski definition) is 4. The molecule has 1 saturated heterocycles. The van der Waals surface area contributed by atoms with Crippen LogP contribution in [0.25, 0.3) is 0 Å². The van der Waals surface area contributed by atoms with Gasteiger partial charge in [0.2, 0.25) is 0 Å². The van der Waals surface area contributed by atoms with Gasteiger partial charge in [0.05, 0.1) is 31.1 Å². The third-order valence-corrected chi connectivity index (χ3v) is 3.50. The van der Waals surface area contributed by atoms with Crippen LogP contribution in [0.1, 0.15) is 42.6 Å². The predicted molar refractivity (Wildman–Crippen MR) is 79.2 cm³/mol. The van der Waals surface area contributed by atoms with Gasteiger partial charge in [-0.25, -0.2) is 4.79 Å². The second kappa shape index (κ2) is 6.75. The Kier molecular flexibility index (Phi) is 5.01. The van der Waals surface area contributed by atoms with Crippen LogP contribution in [0.15, 0.2) is 18.2 Å². The first-order valence-corrected chi connectivity index (χ1v) is 7.19. The highest BCUT2D eigenvalue weighted by molar-refractivity contribution is 5.96. The van der Waals surface area contributed by atoms with Gasteiger partial charge >= 0.3 is 5.97 Å². The molecule has 1 aromatic carbocycles. The summed E-state index contributed by atoms with van der Waals surface area (Å²) in [4.78, 5) is 14.2. The Bertz CT molecular complexity index is 465. The molecule has 110 valence electrons. The van der Waals surface area contributed by atoms with Gasteiger partial charge in [0.1, 0.15) is 0 Å². The molecule has 0 atom stereocenters. The molecule has 1 aromatic rings. The fourth-order valence-corrected chi connectivity index (χ4v) is 2.44. The van der Waals surface area contributed by atoms with E-state index in [0.717, 1.165) is 24.3 Å². The molecule has 0 bridgehead atoms. The molecule has 4 nitrogen and oxygen atoms in total. The van der Waals surface area contributed by atoms with Crippen LogP contribution < -0.4 is 4.90 Å². The molecule has 1 heterocycles. The fraction of sp³-hybridized carbons (Fsp3) is 0.562. The van der Waals surface area contributed by atoms with Crippen molar-refractivity contribution in [3.05, 3.63) is 29.3 Å². The first-order chi connectivity index (χ1) is 9.61. The van der Waals surface area contributed by atoms with E-state index in [1.165, 1.54) is 20.0 Å². The lowest BCUT2D eigenvalue weighted by Crippen LogP contribution is -2.21. The van der Waals surface area contributed by atoms with Gasteiger partial charge < -0.3 is 14.4 Å². The van der Waals surface area contributed by atoms with E-state index in [-0.39, 0.29) is 12.1 Å². The summed E-state index contributed by atoms with van der Waals surface area (Å²) in [6.45, 7) is 6.53. The smallest absolute Gasteiger partial charge is 0.339 e. The van der Waals surface area contributed by atoms with Crippen molar-refractivity contribution in [1.82, 2.24) is 0 Å². The number of benzene rings is 1. The minimum atomic E-state index is -0.279. The maximum absolute atomic E-state index is 12.0. The molecule has 4 heteroatoms. The Labute approximate surface area is 120 Å².